The second-order valence-corrected chi connectivity index (χ2v) is 13.2. The van der Waals surface area contributed by atoms with Gasteiger partial charge in [-0.1, -0.05) is 165 Å². The first kappa shape index (κ1) is 28.2. The van der Waals surface area contributed by atoms with Crippen LogP contribution in [0.15, 0.2) is 161 Å². The lowest BCUT2D eigenvalue weighted by Gasteiger charge is -2.34. The van der Waals surface area contributed by atoms with Crippen molar-refractivity contribution in [3.8, 4) is 56.4 Å². The van der Waals surface area contributed by atoms with Gasteiger partial charge in [-0.3, -0.25) is 0 Å². The van der Waals surface area contributed by atoms with E-state index >= 15 is 0 Å². The van der Waals surface area contributed by atoms with E-state index in [0.717, 1.165) is 27.8 Å². The molecule has 0 unspecified atom stereocenters. The summed E-state index contributed by atoms with van der Waals surface area (Å²) in [7, 11) is 0. The van der Waals surface area contributed by atoms with Gasteiger partial charge in [0, 0.05) is 31.9 Å². The maximum absolute atomic E-state index is 4.99. The zero-order chi connectivity index (χ0) is 31.1. The van der Waals surface area contributed by atoms with Crippen LogP contribution >= 0.6 is 11.8 Å². The Morgan fingerprint density at radius 2 is 0.891 bits per heavy atom. The van der Waals surface area contributed by atoms with E-state index in [1.54, 1.807) is 0 Å². The maximum atomic E-state index is 4.99. The summed E-state index contributed by atoms with van der Waals surface area (Å²) >= 11 is 1.87. The molecule has 0 N–H and O–H groups in total. The van der Waals surface area contributed by atoms with Crippen molar-refractivity contribution in [3.05, 3.63) is 163 Å². The van der Waals surface area contributed by atoms with Crippen LogP contribution in [0, 0.1) is 0 Å². The molecule has 46 heavy (non-hydrogen) atoms. The number of hydrogen-bond donors (Lipinski definition) is 0. The third-order valence-electron chi connectivity index (χ3n) is 8.83. The Labute approximate surface area is 274 Å². The zero-order valence-corrected chi connectivity index (χ0v) is 26.5. The van der Waals surface area contributed by atoms with Gasteiger partial charge in [-0.25, -0.2) is 15.0 Å². The number of aromatic nitrogens is 3. The number of hydrogen-bond acceptors (Lipinski definition) is 4. The first-order chi connectivity index (χ1) is 22.5. The van der Waals surface area contributed by atoms with E-state index in [2.05, 4.69) is 98.8 Å². The van der Waals surface area contributed by atoms with Gasteiger partial charge in [0.05, 0.1) is 0 Å². The fourth-order valence-corrected chi connectivity index (χ4v) is 7.78. The minimum atomic E-state index is -0.0287. The van der Waals surface area contributed by atoms with Crippen LogP contribution in [-0.2, 0) is 5.41 Å². The molecule has 6 aromatic carbocycles. The average Bonchev–Trinajstić information content (AvgIpc) is 3.12. The molecule has 0 fully saturated rings. The zero-order valence-electron chi connectivity index (χ0n) is 25.7. The fraction of sp³-hybridized carbons (Fsp3) is 0.0714. The highest BCUT2D eigenvalue weighted by molar-refractivity contribution is 7.99. The predicted molar refractivity (Wildman–Crippen MR) is 190 cm³/mol. The van der Waals surface area contributed by atoms with Crippen molar-refractivity contribution in [3.63, 3.8) is 0 Å². The minimum absolute atomic E-state index is 0.0287. The molecular formula is C42H31N3S. The lowest BCUT2D eigenvalue weighted by atomic mass is 9.77. The Kier molecular flexibility index (Phi) is 7.08. The van der Waals surface area contributed by atoms with E-state index in [4.69, 9.17) is 15.0 Å². The fourth-order valence-electron chi connectivity index (χ4n) is 6.34. The van der Waals surface area contributed by atoms with Crippen molar-refractivity contribution in [2.24, 2.45) is 0 Å². The van der Waals surface area contributed by atoms with Crippen molar-refractivity contribution in [2.45, 2.75) is 29.1 Å². The molecule has 0 bridgehead atoms. The van der Waals surface area contributed by atoms with E-state index in [9.17, 15) is 0 Å². The number of fused-ring (bicyclic) bond motifs is 2. The van der Waals surface area contributed by atoms with Crippen LogP contribution in [0.3, 0.4) is 0 Å². The second kappa shape index (κ2) is 11.6. The van der Waals surface area contributed by atoms with Crippen molar-refractivity contribution in [1.82, 2.24) is 15.0 Å². The Balaban J connectivity index is 1.17. The molecule has 1 aliphatic rings. The standard InChI is InChI=1S/C42H31N3S/c1-42(2)35-19-11-12-20-37(35)46-38-27-32(25-26-36(38)42)28-21-23-29(24-22-28)33-17-9-10-18-34(33)41-44-39(30-13-5-3-6-14-30)43-40(45-41)31-15-7-4-8-16-31/h3-27H,1-2H3. The molecular weight excluding hydrogens is 579 g/mol. The Morgan fingerprint density at radius 3 is 1.57 bits per heavy atom. The number of benzene rings is 6. The highest BCUT2D eigenvalue weighted by Crippen LogP contribution is 2.49. The van der Waals surface area contributed by atoms with Gasteiger partial charge in [0.25, 0.3) is 0 Å². The van der Waals surface area contributed by atoms with Crippen molar-refractivity contribution in [2.75, 3.05) is 0 Å². The van der Waals surface area contributed by atoms with Gasteiger partial charge in [-0.15, -0.1) is 0 Å². The molecule has 0 spiro atoms. The highest BCUT2D eigenvalue weighted by Gasteiger charge is 2.32. The van der Waals surface area contributed by atoms with Crippen molar-refractivity contribution in [1.29, 1.82) is 0 Å². The van der Waals surface area contributed by atoms with Gasteiger partial charge >= 0.3 is 0 Å². The molecule has 3 nitrogen and oxygen atoms in total. The van der Waals surface area contributed by atoms with E-state index in [-0.39, 0.29) is 5.41 Å². The summed E-state index contributed by atoms with van der Waals surface area (Å²) in [6.45, 7) is 4.66. The summed E-state index contributed by atoms with van der Waals surface area (Å²) in [6.07, 6.45) is 0. The monoisotopic (exact) mass is 609 g/mol. The van der Waals surface area contributed by atoms with Gasteiger partial charge in [0.15, 0.2) is 17.5 Å². The Bertz CT molecular complexity index is 2130. The Morgan fingerprint density at radius 1 is 0.391 bits per heavy atom. The van der Waals surface area contributed by atoms with Crippen LogP contribution < -0.4 is 0 Å². The van der Waals surface area contributed by atoms with E-state index < -0.39 is 0 Å². The third-order valence-corrected chi connectivity index (χ3v) is 9.97. The lowest BCUT2D eigenvalue weighted by molar-refractivity contribution is 0.607. The molecule has 0 saturated carbocycles. The van der Waals surface area contributed by atoms with E-state index in [1.165, 1.54) is 32.0 Å². The summed E-state index contributed by atoms with van der Waals surface area (Å²) in [5.74, 6) is 1.97. The lowest BCUT2D eigenvalue weighted by Crippen LogP contribution is -2.23. The largest absolute Gasteiger partial charge is 0.208 e. The molecule has 1 aliphatic heterocycles. The highest BCUT2D eigenvalue weighted by atomic mass is 32.2. The first-order valence-electron chi connectivity index (χ1n) is 15.5. The number of nitrogens with zero attached hydrogens (tertiary/aromatic N) is 3. The quantitative estimate of drug-likeness (QED) is 0.195. The van der Waals surface area contributed by atoms with Crippen LogP contribution in [0.1, 0.15) is 25.0 Å². The van der Waals surface area contributed by atoms with E-state index in [0.29, 0.717) is 17.5 Å². The van der Waals surface area contributed by atoms with Gasteiger partial charge in [0.1, 0.15) is 0 Å². The summed E-state index contributed by atoms with van der Waals surface area (Å²) < 4.78 is 0. The van der Waals surface area contributed by atoms with Gasteiger partial charge < -0.3 is 0 Å². The van der Waals surface area contributed by atoms with Gasteiger partial charge in [-0.2, -0.15) is 0 Å². The Hall–Kier alpha value is -5.32. The van der Waals surface area contributed by atoms with Crippen LogP contribution in [0.25, 0.3) is 56.4 Å². The second-order valence-electron chi connectivity index (χ2n) is 12.1. The molecule has 8 rings (SSSR count). The van der Waals surface area contributed by atoms with Gasteiger partial charge in [0.2, 0.25) is 0 Å². The number of rotatable bonds is 5. The molecule has 0 saturated heterocycles. The molecule has 2 heterocycles. The summed E-state index contributed by atoms with van der Waals surface area (Å²) in [6, 6.07) is 53.1. The molecule has 0 radical (unpaired) electrons. The van der Waals surface area contributed by atoms with Crippen molar-refractivity contribution < 1.29 is 0 Å². The summed E-state index contributed by atoms with van der Waals surface area (Å²) in [5, 5.41) is 0. The van der Waals surface area contributed by atoms with Crippen LogP contribution in [0.2, 0.25) is 0 Å². The molecule has 7 aromatic rings. The predicted octanol–water partition coefficient (Wildman–Crippen LogP) is 11.0. The molecule has 1 aromatic heterocycles. The summed E-state index contributed by atoms with van der Waals surface area (Å²) in [5.41, 5.74) is 10.2. The molecule has 0 aliphatic carbocycles. The molecule has 4 heteroatoms. The average molecular weight is 610 g/mol. The van der Waals surface area contributed by atoms with Crippen LogP contribution in [-0.4, -0.2) is 15.0 Å². The van der Waals surface area contributed by atoms with E-state index in [1.807, 2.05) is 78.5 Å². The van der Waals surface area contributed by atoms with Crippen LogP contribution in [0.4, 0.5) is 0 Å². The third kappa shape index (κ3) is 5.11. The molecule has 0 atom stereocenters. The SMILES string of the molecule is CC1(C)c2ccccc2Sc2cc(-c3ccc(-c4ccccc4-c4nc(-c5ccccc5)nc(-c5ccccc5)n4)cc3)ccc21. The smallest absolute Gasteiger partial charge is 0.164 e. The topological polar surface area (TPSA) is 38.7 Å². The molecule has 0 amide bonds. The minimum Gasteiger partial charge on any atom is -0.208 e. The van der Waals surface area contributed by atoms with Crippen LogP contribution in [0.5, 0.6) is 0 Å². The van der Waals surface area contributed by atoms with Gasteiger partial charge in [-0.05, 0) is 45.5 Å². The first-order valence-corrected chi connectivity index (χ1v) is 16.4. The maximum Gasteiger partial charge on any atom is 0.164 e. The summed E-state index contributed by atoms with van der Waals surface area (Å²) in [4.78, 5) is 17.5. The van der Waals surface area contributed by atoms with Crippen molar-refractivity contribution >= 4 is 11.8 Å². The normalized spacial score (nSPS) is 13.1. The molecule has 220 valence electrons.